The van der Waals surface area contributed by atoms with Crippen LogP contribution in [0.1, 0.15) is 18.9 Å². The minimum absolute atomic E-state index is 0.188. The number of methoxy groups -OCH3 is 1. The smallest absolute Gasteiger partial charge is 0.125 e. The normalized spacial score (nSPS) is 12.5. The van der Waals surface area contributed by atoms with E-state index in [1.165, 1.54) is 0 Å². The standard InChI is InChI=1S/C11H17NO2/c1-8(12)3-4-9-5-6-10(13)7-11(9)14-2/h5-8,13H,3-4,12H2,1-2H3/t8-/m0/s1. The first-order valence-corrected chi connectivity index (χ1v) is 4.75. The number of phenolic OH excluding ortho intramolecular Hbond substituents is 1. The van der Waals surface area contributed by atoms with Crippen molar-refractivity contribution in [3.63, 3.8) is 0 Å². The monoisotopic (exact) mass is 195 g/mol. The van der Waals surface area contributed by atoms with Crippen molar-refractivity contribution in [2.24, 2.45) is 5.73 Å². The van der Waals surface area contributed by atoms with E-state index in [-0.39, 0.29) is 11.8 Å². The van der Waals surface area contributed by atoms with E-state index >= 15 is 0 Å². The summed E-state index contributed by atoms with van der Waals surface area (Å²) in [5.74, 6) is 0.956. The van der Waals surface area contributed by atoms with E-state index in [0.29, 0.717) is 0 Å². The third kappa shape index (κ3) is 2.92. The molecule has 0 aliphatic carbocycles. The van der Waals surface area contributed by atoms with Crippen LogP contribution in [0.4, 0.5) is 0 Å². The van der Waals surface area contributed by atoms with Gasteiger partial charge in [0.15, 0.2) is 0 Å². The summed E-state index contributed by atoms with van der Waals surface area (Å²) in [7, 11) is 1.60. The molecule has 0 radical (unpaired) electrons. The molecule has 0 fully saturated rings. The second-order valence-corrected chi connectivity index (χ2v) is 3.51. The Kier molecular flexibility index (Phi) is 3.77. The Bertz CT molecular complexity index is 297. The van der Waals surface area contributed by atoms with Gasteiger partial charge in [0.2, 0.25) is 0 Å². The quantitative estimate of drug-likeness (QED) is 0.768. The molecule has 0 spiro atoms. The van der Waals surface area contributed by atoms with Crippen LogP contribution in [0.25, 0.3) is 0 Å². The summed E-state index contributed by atoms with van der Waals surface area (Å²) < 4.78 is 5.16. The molecule has 0 amide bonds. The van der Waals surface area contributed by atoms with Gasteiger partial charge >= 0.3 is 0 Å². The van der Waals surface area contributed by atoms with Crippen molar-refractivity contribution in [3.05, 3.63) is 23.8 Å². The van der Waals surface area contributed by atoms with Gasteiger partial charge in [-0.1, -0.05) is 6.07 Å². The Labute approximate surface area is 84.5 Å². The summed E-state index contributed by atoms with van der Waals surface area (Å²) in [5.41, 5.74) is 6.76. The lowest BCUT2D eigenvalue weighted by Gasteiger charge is -2.10. The average Bonchev–Trinajstić information content (AvgIpc) is 2.15. The molecule has 0 aliphatic heterocycles. The van der Waals surface area contributed by atoms with Gasteiger partial charge in [0.25, 0.3) is 0 Å². The van der Waals surface area contributed by atoms with Crippen LogP contribution in [-0.4, -0.2) is 18.3 Å². The van der Waals surface area contributed by atoms with E-state index in [4.69, 9.17) is 10.5 Å². The molecule has 0 saturated heterocycles. The number of phenols is 1. The van der Waals surface area contributed by atoms with E-state index in [1.54, 1.807) is 19.2 Å². The Morgan fingerprint density at radius 3 is 2.79 bits per heavy atom. The molecule has 3 N–H and O–H groups in total. The minimum Gasteiger partial charge on any atom is -0.508 e. The molecule has 0 saturated carbocycles. The Hall–Kier alpha value is -1.22. The molecule has 1 aromatic rings. The maximum absolute atomic E-state index is 9.24. The highest BCUT2D eigenvalue weighted by molar-refractivity contribution is 5.40. The number of aryl methyl sites for hydroxylation is 1. The summed E-state index contributed by atoms with van der Waals surface area (Å²) in [4.78, 5) is 0. The van der Waals surface area contributed by atoms with Crippen LogP contribution in [0.2, 0.25) is 0 Å². The van der Waals surface area contributed by atoms with Gasteiger partial charge in [-0.3, -0.25) is 0 Å². The summed E-state index contributed by atoms with van der Waals surface area (Å²) in [6.07, 6.45) is 1.79. The number of hydrogen-bond acceptors (Lipinski definition) is 3. The molecule has 1 atom stereocenters. The molecule has 1 rings (SSSR count). The lowest BCUT2D eigenvalue weighted by atomic mass is 10.1. The van der Waals surface area contributed by atoms with Crippen molar-refractivity contribution in [2.45, 2.75) is 25.8 Å². The highest BCUT2D eigenvalue weighted by Gasteiger charge is 2.04. The molecule has 3 nitrogen and oxygen atoms in total. The molecule has 3 heteroatoms. The number of aromatic hydroxyl groups is 1. The summed E-state index contributed by atoms with van der Waals surface area (Å²) in [6, 6.07) is 5.35. The number of benzene rings is 1. The van der Waals surface area contributed by atoms with E-state index < -0.39 is 0 Å². The second kappa shape index (κ2) is 4.86. The van der Waals surface area contributed by atoms with Gasteiger partial charge in [0.1, 0.15) is 11.5 Å². The molecule has 0 heterocycles. The molecular weight excluding hydrogens is 178 g/mol. The Balaban J connectivity index is 2.75. The van der Waals surface area contributed by atoms with Crippen LogP contribution < -0.4 is 10.5 Å². The predicted octanol–water partition coefficient (Wildman–Crippen LogP) is 1.68. The lowest BCUT2D eigenvalue weighted by Crippen LogP contribution is -2.15. The van der Waals surface area contributed by atoms with Gasteiger partial charge < -0.3 is 15.6 Å². The number of rotatable bonds is 4. The van der Waals surface area contributed by atoms with Crippen molar-refractivity contribution >= 4 is 0 Å². The first-order valence-electron chi connectivity index (χ1n) is 4.75. The largest absolute Gasteiger partial charge is 0.508 e. The minimum atomic E-state index is 0.188. The maximum atomic E-state index is 9.24. The van der Waals surface area contributed by atoms with E-state index in [2.05, 4.69) is 0 Å². The second-order valence-electron chi connectivity index (χ2n) is 3.51. The zero-order valence-electron chi connectivity index (χ0n) is 8.66. The fraction of sp³-hybridized carbons (Fsp3) is 0.455. The van der Waals surface area contributed by atoms with Gasteiger partial charge in [-0.15, -0.1) is 0 Å². The van der Waals surface area contributed by atoms with Crippen LogP contribution in [0.3, 0.4) is 0 Å². The zero-order chi connectivity index (χ0) is 10.6. The zero-order valence-corrected chi connectivity index (χ0v) is 8.66. The fourth-order valence-corrected chi connectivity index (χ4v) is 1.32. The Morgan fingerprint density at radius 2 is 2.21 bits per heavy atom. The van der Waals surface area contributed by atoms with Gasteiger partial charge in [0.05, 0.1) is 7.11 Å². The van der Waals surface area contributed by atoms with E-state index in [0.717, 1.165) is 24.2 Å². The summed E-state index contributed by atoms with van der Waals surface area (Å²) in [6.45, 7) is 1.98. The van der Waals surface area contributed by atoms with Crippen LogP contribution in [0, 0.1) is 0 Å². The van der Waals surface area contributed by atoms with Crippen molar-refractivity contribution in [1.82, 2.24) is 0 Å². The third-order valence-corrected chi connectivity index (χ3v) is 2.14. The molecular formula is C11H17NO2. The molecule has 0 bridgehead atoms. The van der Waals surface area contributed by atoms with Crippen molar-refractivity contribution in [1.29, 1.82) is 0 Å². The summed E-state index contributed by atoms with van der Waals surface area (Å²) in [5, 5.41) is 9.24. The molecule has 0 unspecified atom stereocenters. The van der Waals surface area contributed by atoms with Crippen molar-refractivity contribution in [3.8, 4) is 11.5 Å². The molecule has 0 aliphatic rings. The van der Waals surface area contributed by atoms with Crippen LogP contribution in [0.15, 0.2) is 18.2 Å². The van der Waals surface area contributed by atoms with E-state index in [1.807, 2.05) is 13.0 Å². The highest BCUT2D eigenvalue weighted by atomic mass is 16.5. The molecule has 78 valence electrons. The predicted molar refractivity (Wildman–Crippen MR) is 56.6 cm³/mol. The first kappa shape index (κ1) is 10.9. The average molecular weight is 195 g/mol. The fourth-order valence-electron chi connectivity index (χ4n) is 1.32. The van der Waals surface area contributed by atoms with Crippen LogP contribution in [-0.2, 0) is 6.42 Å². The molecule has 0 aromatic heterocycles. The molecule has 1 aromatic carbocycles. The number of nitrogens with two attached hydrogens (primary N) is 1. The van der Waals surface area contributed by atoms with Crippen LogP contribution >= 0.6 is 0 Å². The Morgan fingerprint density at radius 1 is 1.50 bits per heavy atom. The van der Waals surface area contributed by atoms with Crippen molar-refractivity contribution in [2.75, 3.05) is 7.11 Å². The number of hydrogen-bond donors (Lipinski definition) is 2. The SMILES string of the molecule is COc1cc(O)ccc1CC[C@H](C)N. The molecule has 14 heavy (non-hydrogen) atoms. The maximum Gasteiger partial charge on any atom is 0.125 e. The topological polar surface area (TPSA) is 55.5 Å². The van der Waals surface area contributed by atoms with Gasteiger partial charge in [-0.05, 0) is 31.4 Å². The summed E-state index contributed by atoms with van der Waals surface area (Å²) >= 11 is 0. The third-order valence-electron chi connectivity index (χ3n) is 2.14. The highest BCUT2D eigenvalue weighted by Crippen LogP contribution is 2.24. The van der Waals surface area contributed by atoms with Crippen molar-refractivity contribution < 1.29 is 9.84 Å². The van der Waals surface area contributed by atoms with Gasteiger partial charge in [-0.25, -0.2) is 0 Å². The van der Waals surface area contributed by atoms with Crippen LogP contribution in [0.5, 0.6) is 11.5 Å². The van der Waals surface area contributed by atoms with Gasteiger partial charge in [0, 0.05) is 12.1 Å². The lowest BCUT2D eigenvalue weighted by molar-refractivity contribution is 0.401. The first-order chi connectivity index (χ1) is 6.63. The van der Waals surface area contributed by atoms with E-state index in [9.17, 15) is 5.11 Å². The van der Waals surface area contributed by atoms with Gasteiger partial charge in [-0.2, -0.15) is 0 Å². The number of ether oxygens (including phenoxy) is 1.